The van der Waals surface area contributed by atoms with Gasteiger partial charge in [0.05, 0.1) is 9.39 Å². The van der Waals surface area contributed by atoms with E-state index in [4.69, 9.17) is 0 Å². The van der Waals surface area contributed by atoms with Crippen molar-refractivity contribution >= 4 is 22.6 Å². The summed E-state index contributed by atoms with van der Waals surface area (Å²) in [6.07, 6.45) is 0. The highest BCUT2D eigenvalue weighted by Gasteiger charge is 1.93. The van der Waals surface area contributed by atoms with Crippen LogP contribution < -0.4 is 0 Å². The first kappa shape index (κ1) is 6.07. The Bertz CT molecular complexity index is 173. The second-order valence-electron chi connectivity index (χ2n) is 1.73. The summed E-state index contributed by atoms with van der Waals surface area (Å²) in [5.41, 5.74) is 1.08. The molecular weight excluding hydrogens is 215 g/mol. The van der Waals surface area contributed by atoms with Crippen molar-refractivity contribution in [1.29, 1.82) is 0 Å². The number of nitrogens with zero attached hydrogens (tertiary/aromatic N) is 2. The van der Waals surface area contributed by atoms with E-state index < -0.39 is 0 Å². The van der Waals surface area contributed by atoms with Gasteiger partial charge >= 0.3 is 0 Å². The third kappa shape index (κ3) is 1.02. The predicted molar refractivity (Wildman–Crippen MR) is 40.7 cm³/mol. The van der Waals surface area contributed by atoms with Crippen LogP contribution in [0.15, 0.2) is 6.07 Å². The van der Waals surface area contributed by atoms with Gasteiger partial charge in [0.15, 0.2) is 0 Å². The summed E-state index contributed by atoms with van der Waals surface area (Å²) in [6.45, 7) is 1.99. The van der Waals surface area contributed by atoms with Crippen molar-refractivity contribution in [2.75, 3.05) is 0 Å². The molecule has 0 saturated carbocycles. The van der Waals surface area contributed by atoms with E-state index in [-0.39, 0.29) is 0 Å². The minimum atomic E-state index is 1.08. The molecule has 0 saturated heterocycles. The highest BCUT2D eigenvalue weighted by molar-refractivity contribution is 14.1. The molecule has 0 aromatic carbocycles. The normalized spacial score (nSPS) is 9.88. The van der Waals surface area contributed by atoms with Crippen molar-refractivity contribution in [3.8, 4) is 0 Å². The van der Waals surface area contributed by atoms with Gasteiger partial charge in [-0.25, -0.2) is 0 Å². The summed E-state index contributed by atoms with van der Waals surface area (Å²) in [5, 5.41) is 4.12. The van der Waals surface area contributed by atoms with Crippen molar-refractivity contribution in [3.05, 3.63) is 15.5 Å². The maximum absolute atomic E-state index is 4.12. The summed E-state index contributed by atoms with van der Waals surface area (Å²) in [7, 11) is 1.94. The van der Waals surface area contributed by atoms with Gasteiger partial charge in [0, 0.05) is 7.05 Å². The molecule has 3 heteroatoms. The number of hydrogen-bond donors (Lipinski definition) is 0. The molecule has 0 aliphatic carbocycles. The fourth-order valence-corrected chi connectivity index (χ4v) is 1.14. The van der Waals surface area contributed by atoms with Gasteiger partial charge in [-0.3, -0.25) is 4.68 Å². The number of aromatic nitrogens is 2. The molecule has 0 aliphatic heterocycles. The van der Waals surface area contributed by atoms with Gasteiger partial charge in [0.1, 0.15) is 0 Å². The van der Waals surface area contributed by atoms with E-state index in [2.05, 4.69) is 27.7 Å². The number of rotatable bonds is 0. The minimum Gasteiger partial charge on any atom is -0.262 e. The van der Waals surface area contributed by atoms with Crippen LogP contribution in [0.2, 0.25) is 0 Å². The summed E-state index contributed by atoms with van der Waals surface area (Å²) >= 11 is 2.25. The Balaban J connectivity index is 3.14. The SMILES string of the molecule is Cc1cc(I)n(C)n1. The van der Waals surface area contributed by atoms with Crippen LogP contribution in [0.3, 0.4) is 0 Å². The molecule has 44 valence electrons. The Morgan fingerprint density at radius 1 is 1.75 bits per heavy atom. The largest absolute Gasteiger partial charge is 0.262 e. The third-order valence-electron chi connectivity index (χ3n) is 0.945. The van der Waals surface area contributed by atoms with E-state index in [1.54, 1.807) is 0 Å². The van der Waals surface area contributed by atoms with E-state index in [0.29, 0.717) is 0 Å². The van der Waals surface area contributed by atoms with Gasteiger partial charge in [0.25, 0.3) is 0 Å². The topological polar surface area (TPSA) is 17.8 Å². The van der Waals surface area contributed by atoms with Gasteiger partial charge in [-0.2, -0.15) is 5.10 Å². The standard InChI is InChI=1S/C5H7IN2/c1-4-3-5(6)8(2)7-4/h3H,1-2H3. The minimum absolute atomic E-state index is 1.08. The van der Waals surface area contributed by atoms with Crippen LogP contribution in [-0.2, 0) is 7.05 Å². The second kappa shape index (κ2) is 2.05. The maximum atomic E-state index is 4.12. The zero-order valence-electron chi connectivity index (χ0n) is 4.85. The molecule has 2 nitrogen and oxygen atoms in total. The van der Waals surface area contributed by atoms with Gasteiger partial charge in [-0.15, -0.1) is 0 Å². The monoisotopic (exact) mass is 222 g/mol. The van der Waals surface area contributed by atoms with Gasteiger partial charge in [-0.1, -0.05) is 0 Å². The molecule has 0 bridgehead atoms. The van der Waals surface area contributed by atoms with Gasteiger partial charge in [0.2, 0.25) is 0 Å². The molecule has 1 rings (SSSR count). The fraction of sp³-hybridized carbons (Fsp3) is 0.400. The molecule has 0 N–H and O–H groups in total. The van der Waals surface area contributed by atoms with Gasteiger partial charge in [-0.05, 0) is 35.6 Å². The first-order chi connectivity index (χ1) is 3.70. The molecule has 0 fully saturated rings. The molecule has 0 spiro atoms. The summed E-state index contributed by atoms with van der Waals surface area (Å²) in [4.78, 5) is 0. The van der Waals surface area contributed by atoms with Crippen molar-refractivity contribution in [2.24, 2.45) is 7.05 Å². The van der Waals surface area contributed by atoms with Crippen molar-refractivity contribution in [1.82, 2.24) is 9.78 Å². The molecule has 0 atom stereocenters. The Labute approximate surface area is 62.0 Å². The zero-order valence-corrected chi connectivity index (χ0v) is 7.01. The molecule has 0 amide bonds. The van der Waals surface area contributed by atoms with Crippen LogP contribution in [0.25, 0.3) is 0 Å². The third-order valence-corrected chi connectivity index (χ3v) is 1.95. The highest BCUT2D eigenvalue weighted by Crippen LogP contribution is 2.03. The van der Waals surface area contributed by atoms with E-state index in [1.165, 1.54) is 3.70 Å². The molecule has 0 radical (unpaired) electrons. The zero-order chi connectivity index (χ0) is 6.15. The maximum Gasteiger partial charge on any atom is 0.0988 e. The van der Waals surface area contributed by atoms with Crippen LogP contribution >= 0.6 is 22.6 Å². The molecule has 1 aromatic heterocycles. The van der Waals surface area contributed by atoms with Crippen molar-refractivity contribution in [3.63, 3.8) is 0 Å². The lowest BCUT2D eigenvalue weighted by atomic mass is 10.5. The molecular formula is C5H7IN2. The van der Waals surface area contributed by atoms with Crippen LogP contribution in [-0.4, -0.2) is 9.78 Å². The van der Waals surface area contributed by atoms with Crippen LogP contribution in [0.4, 0.5) is 0 Å². The van der Waals surface area contributed by atoms with E-state index in [1.807, 2.05) is 24.7 Å². The average molecular weight is 222 g/mol. The lowest BCUT2D eigenvalue weighted by molar-refractivity contribution is 0.738. The summed E-state index contributed by atoms with van der Waals surface area (Å²) in [5.74, 6) is 0. The van der Waals surface area contributed by atoms with E-state index >= 15 is 0 Å². The summed E-state index contributed by atoms with van der Waals surface area (Å²) < 4.78 is 3.04. The van der Waals surface area contributed by atoms with Crippen molar-refractivity contribution < 1.29 is 0 Å². The molecule has 1 aromatic rings. The smallest absolute Gasteiger partial charge is 0.0988 e. The average Bonchev–Trinajstić information content (AvgIpc) is 1.85. The Hall–Kier alpha value is -0.0600. The second-order valence-corrected chi connectivity index (χ2v) is 2.84. The fourth-order valence-electron chi connectivity index (χ4n) is 0.579. The van der Waals surface area contributed by atoms with Crippen molar-refractivity contribution in [2.45, 2.75) is 6.92 Å². The number of hydrogen-bond acceptors (Lipinski definition) is 1. The predicted octanol–water partition coefficient (Wildman–Crippen LogP) is 1.33. The van der Waals surface area contributed by atoms with Gasteiger partial charge < -0.3 is 0 Å². The number of halogens is 1. The molecule has 0 unspecified atom stereocenters. The number of aryl methyl sites for hydroxylation is 2. The van der Waals surface area contributed by atoms with Crippen LogP contribution in [0, 0.1) is 10.6 Å². The quantitative estimate of drug-likeness (QED) is 0.605. The molecule has 8 heavy (non-hydrogen) atoms. The molecule has 0 aliphatic rings. The van der Waals surface area contributed by atoms with Crippen LogP contribution in [0.1, 0.15) is 5.69 Å². The Morgan fingerprint density at radius 2 is 2.38 bits per heavy atom. The molecule has 1 heterocycles. The lowest BCUT2D eigenvalue weighted by Gasteiger charge is -1.85. The van der Waals surface area contributed by atoms with E-state index in [9.17, 15) is 0 Å². The van der Waals surface area contributed by atoms with E-state index in [0.717, 1.165) is 5.69 Å². The van der Waals surface area contributed by atoms with Crippen LogP contribution in [0.5, 0.6) is 0 Å². The summed E-state index contributed by atoms with van der Waals surface area (Å²) in [6, 6.07) is 2.04. The highest BCUT2D eigenvalue weighted by atomic mass is 127. The Morgan fingerprint density at radius 3 is 2.50 bits per heavy atom. The first-order valence-electron chi connectivity index (χ1n) is 2.36. The Kier molecular flexibility index (Phi) is 1.55. The first-order valence-corrected chi connectivity index (χ1v) is 3.44. The lowest BCUT2D eigenvalue weighted by Crippen LogP contribution is -1.91.